The van der Waals surface area contributed by atoms with Crippen LogP contribution < -0.4 is 5.32 Å². The lowest BCUT2D eigenvalue weighted by molar-refractivity contribution is 0.132. The number of hydrogen-bond acceptors (Lipinski definition) is 3. The van der Waals surface area contributed by atoms with E-state index in [2.05, 4.69) is 31.0 Å². The van der Waals surface area contributed by atoms with Crippen molar-refractivity contribution in [1.29, 1.82) is 0 Å². The zero-order valence-electron chi connectivity index (χ0n) is 13.7. The molecule has 0 aromatic rings. The van der Waals surface area contributed by atoms with E-state index in [1.807, 2.05) is 0 Å². The number of aliphatic hydroxyl groups is 1. The lowest BCUT2D eigenvalue weighted by Crippen LogP contribution is -2.47. The average molecular weight is 282 g/mol. The second-order valence-electron chi connectivity index (χ2n) is 7.80. The Morgan fingerprint density at radius 3 is 2.35 bits per heavy atom. The highest BCUT2D eigenvalue weighted by atomic mass is 16.3. The maximum absolute atomic E-state index is 9.61. The lowest BCUT2D eigenvalue weighted by atomic mass is 9.91. The molecule has 1 heterocycles. The van der Waals surface area contributed by atoms with Crippen LogP contribution >= 0.6 is 0 Å². The molecule has 3 unspecified atom stereocenters. The van der Waals surface area contributed by atoms with Gasteiger partial charge in [-0.2, -0.15) is 0 Å². The summed E-state index contributed by atoms with van der Waals surface area (Å²) in [6, 6.07) is 0.677. The Morgan fingerprint density at radius 2 is 1.80 bits per heavy atom. The van der Waals surface area contributed by atoms with Crippen molar-refractivity contribution in [1.82, 2.24) is 10.2 Å². The van der Waals surface area contributed by atoms with Crippen molar-refractivity contribution in [2.45, 2.75) is 70.9 Å². The van der Waals surface area contributed by atoms with Crippen LogP contribution in [-0.4, -0.2) is 47.8 Å². The van der Waals surface area contributed by atoms with Gasteiger partial charge in [-0.3, -0.25) is 0 Å². The van der Waals surface area contributed by atoms with Crippen molar-refractivity contribution in [3.8, 4) is 0 Å². The van der Waals surface area contributed by atoms with Gasteiger partial charge in [-0.05, 0) is 57.4 Å². The Balaban J connectivity index is 1.62. The summed E-state index contributed by atoms with van der Waals surface area (Å²) in [5.74, 6) is 1.72. The molecule has 0 aromatic heterocycles. The Morgan fingerprint density at radius 1 is 1.15 bits per heavy atom. The van der Waals surface area contributed by atoms with Crippen molar-refractivity contribution < 1.29 is 5.11 Å². The lowest BCUT2D eigenvalue weighted by Gasteiger charge is -2.35. The number of piperidine rings is 1. The third-order valence-electron chi connectivity index (χ3n) is 4.88. The maximum atomic E-state index is 9.61. The number of aliphatic hydroxyl groups excluding tert-OH is 1. The molecular weight excluding hydrogens is 248 g/mol. The van der Waals surface area contributed by atoms with Crippen LogP contribution in [0.4, 0.5) is 0 Å². The highest BCUT2D eigenvalue weighted by molar-refractivity contribution is 4.92. The zero-order chi connectivity index (χ0) is 14.6. The summed E-state index contributed by atoms with van der Waals surface area (Å²) in [6.07, 6.45) is 7.55. The van der Waals surface area contributed by atoms with Gasteiger partial charge in [0, 0.05) is 24.7 Å². The molecule has 118 valence electrons. The standard InChI is InChI=1S/C17H34N2O/c1-14-10-15(2)12-19(11-14)9-5-4-8-17(3,13-20)18-16-6-7-16/h14-16,18,20H,4-13H2,1-3H3. The molecule has 20 heavy (non-hydrogen) atoms. The molecule has 1 saturated heterocycles. The second kappa shape index (κ2) is 7.24. The number of unbranched alkanes of at least 4 members (excludes halogenated alkanes) is 1. The monoisotopic (exact) mass is 282 g/mol. The first-order valence-corrected chi connectivity index (χ1v) is 8.61. The van der Waals surface area contributed by atoms with E-state index in [0.717, 1.165) is 18.3 Å². The van der Waals surface area contributed by atoms with Gasteiger partial charge in [0.1, 0.15) is 0 Å². The van der Waals surface area contributed by atoms with Gasteiger partial charge >= 0.3 is 0 Å². The highest BCUT2D eigenvalue weighted by Crippen LogP contribution is 2.25. The molecule has 1 saturated carbocycles. The normalized spacial score (nSPS) is 31.2. The van der Waals surface area contributed by atoms with E-state index in [1.54, 1.807) is 0 Å². The second-order valence-corrected chi connectivity index (χ2v) is 7.80. The summed E-state index contributed by atoms with van der Waals surface area (Å²) >= 11 is 0. The van der Waals surface area contributed by atoms with Gasteiger partial charge in [-0.25, -0.2) is 0 Å². The Hall–Kier alpha value is -0.120. The number of rotatable bonds is 8. The van der Waals surface area contributed by atoms with Gasteiger partial charge in [-0.1, -0.05) is 20.3 Å². The first-order valence-electron chi connectivity index (χ1n) is 8.61. The van der Waals surface area contributed by atoms with Gasteiger partial charge in [0.05, 0.1) is 6.61 Å². The zero-order valence-corrected chi connectivity index (χ0v) is 13.7. The van der Waals surface area contributed by atoms with E-state index in [0.29, 0.717) is 6.04 Å². The van der Waals surface area contributed by atoms with E-state index < -0.39 is 0 Å². The van der Waals surface area contributed by atoms with E-state index in [4.69, 9.17) is 0 Å². The number of likely N-dealkylation sites (tertiary alicyclic amines) is 1. The molecule has 1 aliphatic carbocycles. The molecule has 2 rings (SSSR count). The van der Waals surface area contributed by atoms with Crippen molar-refractivity contribution in [3.63, 3.8) is 0 Å². The molecule has 0 bridgehead atoms. The number of hydrogen-bond donors (Lipinski definition) is 2. The first-order chi connectivity index (χ1) is 9.50. The minimum absolute atomic E-state index is 0.0519. The molecule has 1 aliphatic heterocycles. The molecule has 2 aliphatic rings. The maximum Gasteiger partial charge on any atom is 0.0610 e. The minimum atomic E-state index is -0.0519. The first kappa shape index (κ1) is 16.3. The van der Waals surface area contributed by atoms with E-state index in [9.17, 15) is 5.11 Å². The van der Waals surface area contributed by atoms with E-state index in [-0.39, 0.29) is 12.1 Å². The van der Waals surface area contributed by atoms with Gasteiger partial charge in [-0.15, -0.1) is 0 Å². The van der Waals surface area contributed by atoms with Gasteiger partial charge in [0.15, 0.2) is 0 Å². The molecule has 0 spiro atoms. The number of nitrogens with zero attached hydrogens (tertiary/aromatic N) is 1. The van der Waals surface area contributed by atoms with Crippen LogP contribution in [-0.2, 0) is 0 Å². The van der Waals surface area contributed by atoms with Gasteiger partial charge in [0.2, 0.25) is 0 Å². The summed E-state index contributed by atoms with van der Waals surface area (Å²) in [5, 5.41) is 13.2. The Labute approximate surface area is 125 Å². The van der Waals surface area contributed by atoms with Crippen LogP contribution in [0.5, 0.6) is 0 Å². The third kappa shape index (κ3) is 5.34. The molecule has 0 radical (unpaired) electrons. The van der Waals surface area contributed by atoms with Crippen molar-refractivity contribution in [2.75, 3.05) is 26.2 Å². The fourth-order valence-electron chi connectivity index (χ4n) is 3.74. The molecule has 3 heteroatoms. The van der Waals surface area contributed by atoms with Crippen molar-refractivity contribution in [3.05, 3.63) is 0 Å². The molecule has 0 amide bonds. The molecule has 2 N–H and O–H groups in total. The predicted octanol–water partition coefficient (Wildman–Crippen LogP) is 2.64. The smallest absolute Gasteiger partial charge is 0.0610 e. The number of nitrogens with one attached hydrogen (secondary N) is 1. The van der Waals surface area contributed by atoms with Crippen LogP contribution in [0.1, 0.15) is 59.3 Å². The minimum Gasteiger partial charge on any atom is -0.394 e. The summed E-state index contributed by atoms with van der Waals surface area (Å²) in [6.45, 7) is 11.0. The fraction of sp³-hybridized carbons (Fsp3) is 1.00. The highest BCUT2D eigenvalue weighted by Gasteiger charge is 2.31. The quantitative estimate of drug-likeness (QED) is 0.672. The molecular formula is C17H34N2O. The van der Waals surface area contributed by atoms with Crippen LogP contribution in [0.3, 0.4) is 0 Å². The van der Waals surface area contributed by atoms with Gasteiger partial charge in [0.25, 0.3) is 0 Å². The summed E-state index contributed by atoms with van der Waals surface area (Å²) in [4.78, 5) is 2.64. The molecule has 3 atom stereocenters. The predicted molar refractivity (Wildman–Crippen MR) is 84.9 cm³/mol. The summed E-state index contributed by atoms with van der Waals surface area (Å²) < 4.78 is 0. The van der Waals surface area contributed by atoms with Crippen molar-refractivity contribution in [2.24, 2.45) is 11.8 Å². The van der Waals surface area contributed by atoms with Crippen molar-refractivity contribution >= 4 is 0 Å². The van der Waals surface area contributed by atoms with Crippen LogP contribution in [0.25, 0.3) is 0 Å². The Bertz CT molecular complexity index is 283. The topological polar surface area (TPSA) is 35.5 Å². The summed E-state index contributed by atoms with van der Waals surface area (Å²) in [5.41, 5.74) is -0.0519. The fourth-order valence-corrected chi connectivity index (χ4v) is 3.74. The average Bonchev–Trinajstić information content (AvgIpc) is 3.17. The van der Waals surface area contributed by atoms with Crippen LogP contribution in [0, 0.1) is 11.8 Å². The van der Waals surface area contributed by atoms with E-state index in [1.165, 1.54) is 51.7 Å². The SMILES string of the molecule is CC1CC(C)CN(CCCCC(C)(CO)NC2CC2)C1. The third-order valence-corrected chi connectivity index (χ3v) is 4.88. The molecule has 3 nitrogen and oxygen atoms in total. The Kier molecular flexibility index (Phi) is 5.88. The van der Waals surface area contributed by atoms with E-state index >= 15 is 0 Å². The largest absolute Gasteiger partial charge is 0.394 e. The summed E-state index contributed by atoms with van der Waals surface area (Å²) in [7, 11) is 0. The van der Waals surface area contributed by atoms with Gasteiger partial charge < -0.3 is 15.3 Å². The van der Waals surface area contributed by atoms with Crippen LogP contribution in [0.2, 0.25) is 0 Å². The van der Waals surface area contributed by atoms with Crippen LogP contribution in [0.15, 0.2) is 0 Å². The molecule has 0 aromatic carbocycles. The molecule has 2 fully saturated rings.